The van der Waals surface area contributed by atoms with Gasteiger partial charge in [0.2, 0.25) is 0 Å². The van der Waals surface area contributed by atoms with Gasteiger partial charge in [-0.25, -0.2) is 4.98 Å². The number of nitrogen functional groups attached to an aromatic ring is 1. The standard InChI is InChI=1S/C12H16N4O4/c1-7-6-20-8(2)5-15(7)12(17)9-3-11(13)14-4-10(9)16(18)19/h3-4,7-8H,5-6H2,1-2H3,(H2,13,14). The maximum atomic E-state index is 12.5. The van der Waals surface area contributed by atoms with Crippen molar-refractivity contribution in [3.63, 3.8) is 0 Å². The SMILES string of the molecule is CC1CN(C(=O)c2cc(N)ncc2[N+](=O)[O-])C(C)CO1. The Balaban J connectivity index is 2.37. The Morgan fingerprint density at radius 2 is 2.30 bits per heavy atom. The lowest BCUT2D eigenvalue weighted by Gasteiger charge is -2.36. The monoisotopic (exact) mass is 280 g/mol. The van der Waals surface area contributed by atoms with Crippen LogP contribution in [0, 0.1) is 10.1 Å². The van der Waals surface area contributed by atoms with Gasteiger partial charge in [-0.2, -0.15) is 0 Å². The summed E-state index contributed by atoms with van der Waals surface area (Å²) in [6, 6.07) is 1.10. The first-order chi connectivity index (χ1) is 9.40. The third kappa shape index (κ3) is 2.69. The van der Waals surface area contributed by atoms with Crippen LogP contribution in [0.4, 0.5) is 11.5 Å². The quantitative estimate of drug-likeness (QED) is 0.634. The first-order valence-electron chi connectivity index (χ1n) is 6.22. The molecule has 2 atom stereocenters. The van der Waals surface area contributed by atoms with Crippen molar-refractivity contribution in [3.05, 3.63) is 27.9 Å². The minimum Gasteiger partial charge on any atom is -0.384 e. The van der Waals surface area contributed by atoms with E-state index in [0.29, 0.717) is 13.2 Å². The number of carbonyl (C=O) groups excluding carboxylic acids is 1. The maximum Gasteiger partial charge on any atom is 0.300 e. The van der Waals surface area contributed by atoms with Gasteiger partial charge in [0.05, 0.1) is 23.7 Å². The fourth-order valence-corrected chi connectivity index (χ4v) is 2.12. The molecule has 2 rings (SSSR count). The molecule has 0 radical (unpaired) electrons. The van der Waals surface area contributed by atoms with E-state index >= 15 is 0 Å². The van der Waals surface area contributed by atoms with Crippen molar-refractivity contribution in [1.82, 2.24) is 9.88 Å². The third-order valence-corrected chi connectivity index (χ3v) is 3.20. The molecule has 2 N–H and O–H groups in total. The summed E-state index contributed by atoms with van der Waals surface area (Å²) < 4.78 is 5.44. The van der Waals surface area contributed by atoms with E-state index in [-0.39, 0.29) is 29.2 Å². The van der Waals surface area contributed by atoms with Crippen LogP contribution in [0.1, 0.15) is 24.2 Å². The van der Waals surface area contributed by atoms with Crippen molar-refractivity contribution in [2.45, 2.75) is 26.0 Å². The first kappa shape index (κ1) is 14.2. The van der Waals surface area contributed by atoms with Gasteiger partial charge < -0.3 is 15.4 Å². The molecule has 0 aliphatic carbocycles. The molecule has 1 aliphatic rings. The summed E-state index contributed by atoms with van der Waals surface area (Å²) in [7, 11) is 0. The zero-order valence-corrected chi connectivity index (χ0v) is 11.3. The van der Waals surface area contributed by atoms with E-state index < -0.39 is 10.8 Å². The second kappa shape index (κ2) is 5.41. The Bertz CT molecular complexity index is 548. The molecule has 1 aromatic rings. The normalized spacial score (nSPS) is 22.6. The molecule has 0 bridgehead atoms. The summed E-state index contributed by atoms with van der Waals surface area (Å²) >= 11 is 0. The smallest absolute Gasteiger partial charge is 0.300 e. The van der Waals surface area contributed by atoms with Crippen LogP contribution in [-0.2, 0) is 4.74 Å². The highest BCUT2D eigenvalue weighted by atomic mass is 16.6. The van der Waals surface area contributed by atoms with E-state index in [0.717, 1.165) is 6.20 Å². The number of nitrogens with zero attached hydrogens (tertiary/aromatic N) is 3. The fourth-order valence-electron chi connectivity index (χ4n) is 2.12. The topological polar surface area (TPSA) is 112 Å². The van der Waals surface area contributed by atoms with Gasteiger partial charge in [-0.15, -0.1) is 0 Å². The molecule has 1 fully saturated rings. The molecule has 0 aromatic carbocycles. The molecule has 2 unspecified atom stereocenters. The van der Waals surface area contributed by atoms with Crippen molar-refractivity contribution in [3.8, 4) is 0 Å². The number of nitro groups is 1. The number of pyridine rings is 1. The van der Waals surface area contributed by atoms with Crippen molar-refractivity contribution in [2.75, 3.05) is 18.9 Å². The first-order valence-corrected chi connectivity index (χ1v) is 6.22. The summed E-state index contributed by atoms with van der Waals surface area (Å²) in [6.07, 6.45) is 0.908. The molecule has 1 aromatic heterocycles. The van der Waals surface area contributed by atoms with Crippen LogP contribution < -0.4 is 5.73 Å². The van der Waals surface area contributed by atoms with Gasteiger partial charge in [0.1, 0.15) is 17.6 Å². The summed E-state index contributed by atoms with van der Waals surface area (Å²) in [5.41, 5.74) is 5.15. The van der Waals surface area contributed by atoms with E-state index in [2.05, 4.69) is 4.98 Å². The Morgan fingerprint density at radius 1 is 1.60 bits per heavy atom. The molecule has 8 heteroatoms. The number of ether oxygens (including phenoxy) is 1. The van der Waals surface area contributed by atoms with Gasteiger partial charge in [-0.05, 0) is 19.9 Å². The van der Waals surface area contributed by atoms with Crippen LogP contribution in [0.3, 0.4) is 0 Å². The number of morpholine rings is 1. The highest BCUT2D eigenvalue weighted by Gasteiger charge is 2.32. The van der Waals surface area contributed by atoms with Gasteiger partial charge in [-0.1, -0.05) is 0 Å². The highest BCUT2D eigenvalue weighted by Crippen LogP contribution is 2.23. The summed E-state index contributed by atoms with van der Waals surface area (Å²) in [6.45, 7) is 4.47. The van der Waals surface area contributed by atoms with E-state index in [1.807, 2.05) is 13.8 Å². The Morgan fingerprint density at radius 3 is 2.95 bits per heavy atom. The van der Waals surface area contributed by atoms with E-state index in [4.69, 9.17) is 10.5 Å². The summed E-state index contributed by atoms with van der Waals surface area (Å²) in [5, 5.41) is 11.0. The molecule has 8 nitrogen and oxygen atoms in total. The number of amides is 1. The van der Waals surface area contributed by atoms with Crippen molar-refractivity contribution >= 4 is 17.4 Å². The molecule has 108 valence electrons. The zero-order valence-electron chi connectivity index (χ0n) is 11.3. The number of anilines is 1. The second-order valence-electron chi connectivity index (χ2n) is 4.83. The molecular formula is C12H16N4O4. The van der Waals surface area contributed by atoms with Gasteiger partial charge in [-0.3, -0.25) is 14.9 Å². The lowest BCUT2D eigenvalue weighted by atomic mass is 10.1. The molecule has 2 heterocycles. The number of carbonyl (C=O) groups is 1. The van der Waals surface area contributed by atoms with Crippen molar-refractivity contribution < 1.29 is 14.5 Å². The highest BCUT2D eigenvalue weighted by molar-refractivity contribution is 5.98. The molecule has 1 saturated heterocycles. The van der Waals surface area contributed by atoms with Crippen LogP contribution >= 0.6 is 0 Å². The van der Waals surface area contributed by atoms with Crippen molar-refractivity contribution in [1.29, 1.82) is 0 Å². The minimum absolute atomic E-state index is 0.0385. The lowest BCUT2D eigenvalue weighted by molar-refractivity contribution is -0.385. The molecule has 20 heavy (non-hydrogen) atoms. The van der Waals surface area contributed by atoms with Gasteiger partial charge in [0.25, 0.3) is 11.6 Å². The molecule has 1 aliphatic heterocycles. The lowest BCUT2D eigenvalue weighted by Crippen LogP contribution is -2.50. The van der Waals surface area contributed by atoms with E-state index in [1.165, 1.54) is 6.07 Å². The van der Waals surface area contributed by atoms with Gasteiger partial charge in [0, 0.05) is 6.54 Å². The Hall–Kier alpha value is -2.22. The van der Waals surface area contributed by atoms with Crippen LogP contribution in [0.25, 0.3) is 0 Å². The second-order valence-corrected chi connectivity index (χ2v) is 4.83. The van der Waals surface area contributed by atoms with Crippen LogP contribution in [-0.4, -0.2) is 46.0 Å². The minimum atomic E-state index is -0.631. The van der Waals surface area contributed by atoms with Crippen LogP contribution in [0.5, 0.6) is 0 Å². The number of aromatic nitrogens is 1. The number of nitrogens with two attached hydrogens (primary N) is 1. The summed E-state index contributed by atoms with van der Waals surface area (Å²) in [4.78, 5) is 28.1. The van der Waals surface area contributed by atoms with Gasteiger partial charge in [0.15, 0.2) is 0 Å². The Labute approximate surface area is 115 Å². The number of rotatable bonds is 2. The molecule has 0 spiro atoms. The molecule has 0 saturated carbocycles. The van der Waals surface area contributed by atoms with Crippen LogP contribution in [0.2, 0.25) is 0 Å². The largest absolute Gasteiger partial charge is 0.384 e. The number of hydrogen-bond donors (Lipinski definition) is 1. The van der Waals surface area contributed by atoms with Crippen molar-refractivity contribution in [2.24, 2.45) is 0 Å². The molecular weight excluding hydrogens is 264 g/mol. The van der Waals surface area contributed by atoms with Gasteiger partial charge >= 0.3 is 0 Å². The zero-order chi connectivity index (χ0) is 14.9. The van der Waals surface area contributed by atoms with Crippen LogP contribution in [0.15, 0.2) is 12.3 Å². The van der Waals surface area contributed by atoms with E-state index in [9.17, 15) is 14.9 Å². The maximum absolute atomic E-state index is 12.5. The average molecular weight is 280 g/mol. The summed E-state index contributed by atoms with van der Waals surface area (Å²) in [5.74, 6) is -0.346. The number of hydrogen-bond acceptors (Lipinski definition) is 6. The fraction of sp³-hybridized carbons (Fsp3) is 0.500. The predicted octanol–water partition coefficient (Wildman–Crippen LogP) is 0.821. The molecule has 1 amide bonds. The average Bonchev–Trinajstić information content (AvgIpc) is 2.40. The predicted molar refractivity (Wildman–Crippen MR) is 71.2 cm³/mol. The van der Waals surface area contributed by atoms with E-state index in [1.54, 1.807) is 4.90 Å². The third-order valence-electron chi connectivity index (χ3n) is 3.20. The Kier molecular flexibility index (Phi) is 3.84.